The summed E-state index contributed by atoms with van der Waals surface area (Å²) in [6, 6.07) is 8.92. The summed E-state index contributed by atoms with van der Waals surface area (Å²) < 4.78 is 21.2. The lowest BCUT2D eigenvalue weighted by Crippen LogP contribution is -2.36. The predicted molar refractivity (Wildman–Crippen MR) is 120 cm³/mol. The van der Waals surface area contributed by atoms with Gasteiger partial charge in [0.2, 0.25) is 0 Å². The smallest absolute Gasteiger partial charge is 0.340 e. The zero-order valence-corrected chi connectivity index (χ0v) is 19.2. The van der Waals surface area contributed by atoms with Crippen LogP contribution >= 0.6 is 23.2 Å². The van der Waals surface area contributed by atoms with Gasteiger partial charge in [0, 0.05) is 40.6 Å². The number of esters is 1. The van der Waals surface area contributed by atoms with Crippen molar-refractivity contribution in [2.75, 3.05) is 20.2 Å². The molecule has 0 aliphatic carbocycles. The van der Waals surface area contributed by atoms with Gasteiger partial charge in [-0.15, -0.1) is 0 Å². The second-order valence-corrected chi connectivity index (χ2v) is 8.89. The number of hydrogen-bond donors (Lipinski definition) is 0. The quantitative estimate of drug-likeness (QED) is 0.446. The van der Waals surface area contributed by atoms with E-state index in [0.717, 1.165) is 42.6 Å². The summed E-state index contributed by atoms with van der Waals surface area (Å²) in [5.41, 5.74) is 2.50. The summed E-state index contributed by atoms with van der Waals surface area (Å²) in [6.07, 6.45) is 1.77. The van der Waals surface area contributed by atoms with Crippen molar-refractivity contribution < 1.29 is 13.9 Å². The number of halogens is 3. The first-order chi connectivity index (χ1) is 14.8. The molecule has 5 nitrogen and oxygen atoms in total. The average Bonchev–Trinajstić information content (AvgIpc) is 3.06. The van der Waals surface area contributed by atoms with E-state index in [1.54, 1.807) is 6.07 Å². The van der Waals surface area contributed by atoms with E-state index in [9.17, 15) is 9.18 Å². The molecule has 4 rings (SSSR count). The van der Waals surface area contributed by atoms with Crippen molar-refractivity contribution in [3.05, 3.63) is 63.0 Å². The lowest BCUT2D eigenvalue weighted by Gasteiger charge is -2.36. The van der Waals surface area contributed by atoms with Crippen LogP contribution in [-0.2, 0) is 4.74 Å². The molecule has 0 bridgehead atoms. The second kappa shape index (κ2) is 8.77. The van der Waals surface area contributed by atoms with E-state index in [1.807, 2.05) is 23.7 Å². The summed E-state index contributed by atoms with van der Waals surface area (Å²) in [4.78, 5) is 14.2. The second-order valence-electron chi connectivity index (χ2n) is 8.02. The Morgan fingerprint density at radius 3 is 2.42 bits per heavy atom. The molecular weight excluding hydrogens is 440 g/mol. The van der Waals surface area contributed by atoms with Crippen molar-refractivity contribution in [3.63, 3.8) is 0 Å². The summed E-state index contributed by atoms with van der Waals surface area (Å²) in [6.45, 7) is 5.77. The van der Waals surface area contributed by atoms with Crippen LogP contribution in [0.25, 0.3) is 10.9 Å². The Balaban J connectivity index is 1.55. The molecule has 3 aromatic rings. The molecule has 8 heteroatoms. The SMILES string of the molecule is COC(=O)c1cc2c(C)nn(C3CCN([C@H](C)c4cc(Cl)cc(Cl)c4)CC3)c2cc1F. The van der Waals surface area contributed by atoms with E-state index in [1.165, 1.54) is 19.2 Å². The number of piperidine rings is 1. The van der Waals surface area contributed by atoms with E-state index in [4.69, 9.17) is 23.2 Å². The fourth-order valence-corrected chi connectivity index (χ4v) is 4.94. The molecule has 0 radical (unpaired) electrons. The molecule has 0 unspecified atom stereocenters. The van der Waals surface area contributed by atoms with E-state index < -0.39 is 11.8 Å². The molecule has 1 fully saturated rings. The van der Waals surface area contributed by atoms with Gasteiger partial charge in [0.15, 0.2) is 0 Å². The number of carbonyl (C=O) groups excluding carboxylic acids is 1. The largest absolute Gasteiger partial charge is 0.465 e. The number of hydrogen-bond acceptors (Lipinski definition) is 4. The molecule has 1 saturated heterocycles. The van der Waals surface area contributed by atoms with E-state index in [0.29, 0.717) is 15.6 Å². The summed E-state index contributed by atoms with van der Waals surface area (Å²) in [5.74, 6) is -1.28. The number of fused-ring (bicyclic) bond motifs is 1. The van der Waals surface area contributed by atoms with Crippen LogP contribution in [0.5, 0.6) is 0 Å². The highest BCUT2D eigenvalue weighted by molar-refractivity contribution is 6.34. The van der Waals surface area contributed by atoms with Gasteiger partial charge in [-0.25, -0.2) is 9.18 Å². The Hall–Kier alpha value is -2.15. The molecule has 1 atom stereocenters. The lowest BCUT2D eigenvalue weighted by atomic mass is 10.00. The van der Waals surface area contributed by atoms with Gasteiger partial charge < -0.3 is 4.74 Å². The number of methoxy groups -OCH3 is 1. The molecule has 2 heterocycles. The lowest BCUT2D eigenvalue weighted by molar-refractivity contribution is 0.0595. The van der Waals surface area contributed by atoms with Crippen molar-refractivity contribution in [1.82, 2.24) is 14.7 Å². The number of likely N-dealkylation sites (tertiary alicyclic amines) is 1. The number of benzene rings is 2. The molecule has 1 aromatic heterocycles. The van der Waals surface area contributed by atoms with E-state index >= 15 is 0 Å². The molecule has 1 aliphatic rings. The van der Waals surface area contributed by atoms with Gasteiger partial charge in [0.05, 0.1) is 29.9 Å². The Kier molecular flexibility index (Phi) is 6.24. The highest BCUT2D eigenvalue weighted by atomic mass is 35.5. The molecule has 2 aromatic carbocycles. The van der Waals surface area contributed by atoms with Crippen LogP contribution in [0.2, 0.25) is 10.0 Å². The van der Waals surface area contributed by atoms with Crippen LogP contribution in [-0.4, -0.2) is 40.8 Å². The fraction of sp³-hybridized carbons (Fsp3) is 0.391. The van der Waals surface area contributed by atoms with Crippen molar-refractivity contribution in [2.24, 2.45) is 0 Å². The maximum atomic E-state index is 14.6. The third kappa shape index (κ3) is 4.29. The Morgan fingerprint density at radius 1 is 1.16 bits per heavy atom. The number of nitrogens with zero attached hydrogens (tertiary/aromatic N) is 3. The molecular formula is C23H24Cl2FN3O2. The van der Waals surface area contributed by atoms with Crippen LogP contribution in [0, 0.1) is 12.7 Å². The van der Waals surface area contributed by atoms with Crippen LogP contribution in [0.4, 0.5) is 4.39 Å². The maximum absolute atomic E-state index is 14.6. The Bertz CT molecular complexity index is 1120. The third-order valence-corrected chi connectivity index (χ3v) is 6.58. The summed E-state index contributed by atoms with van der Waals surface area (Å²) in [5, 5.41) is 6.72. The van der Waals surface area contributed by atoms with Gasteiger partial charge in [0.1, 0.15) is 5.82 Å². The van der Waals surface area contributed by atoms with Crippen LogP contribution in [0.15, 0.2) is 30.3 Å². The van der Waals surface area contributed by atoms with Crippen molar-refractivity contribution in [3.8, 4) is 0 Å². The molecule has 31 heavy (non-hydrogen) atoms. The van der Waals surface area contributed by atoms with Crippen molar-refractivity contribution in [2.45, 2.75) is 38.8 Å². The maximum Gasteiger partial charge on any atom is 0.340 e. The Morgan fingerprint density at radius 2 is 1.81 bits per heavy atom. The molecule has 0 spiro atoms. The number of ether oxygens (including phenoxy) is 1. The number of aryl methyl sites for hydroxylation is 1. The first kappa shape index (κ1) is 22.1. The third-order valence-electron chi connectivity index (χ3n) is 6.14. The monoisotopic (exact) mass is 463 g/mol. The number of rotatable bonds is 4. The minimum Gasteiger partial charge on any atom is -0.465 e. The molecule has 0 amide bonds. The highest BCUT2D eigenvalue weighted by Crippen LogP contribution is 2.34. The van der Waals surface area contributed by atoms with Gasteiger partial charge in [-0.05, 0) is 56.5 Å². The highest BCUT2D eigenvalue weighted by Gasteiger charge is 2.27. The Labute approximate surface area is 190 Å². The summed E-state index contributed by atoms with van der Waals surface area (Å²) in [7, 11) is 1.24. The molecule has 164 valence electrons. The van der Waals surface area contributed by atoms with Crippen molar-refractivity contribution in [1.29, 1.82) is 0 Å². The minimum atomic E-state index is -0.685. The van der Waals surface area contributed by atoms with Gasteiger partial charge >= 0.3 is 5.97 Å². The fourth-order valence-electron chi connectivity index (χ4n) is 4.40. The zero-order valence-electron chi connectivity index (χ0n) is 17.7. The van der Waals surface area contributed by atoms with Gasteiger partial charge in [-0.1, -0.05) is 23.2 Å². The first-order valence-electron chi connectivity index (χ1n) is 10.2. The predicted octanol–water partition coefficient (Wildman–Crippen LogP) is 5.98. The van der Waals surface area contributed by atoms with Crippen LogP contribution < -0.4 is 0 Å². The van der Waals surface area contributed by atoms with E-state index in [-0.39, 0.29) is 17.6 Å². The first-order valence-corrected chi connectivity index (χ1v) is 11.0. The van der Waals surface area contributed by atoms with E-state index in [2.05, 4.69) is 21.7 Å². The van der Waals surface area contributed by atoms with Crippen LogP contribution in [0.3, 0.4) is 0 Å². The molecule has 0 saturated carbocycles. The average molecular weight is 464 g/mol. The van der Waals surface area contributed by atoms with Gasteiger partial charge in [-0.3, -0.25) is 9.58 Å². The molecule has 0 N–H and O–H groups in total. The normalized spacial score (nSPS) is 16.6. The van der Waals surface area contributed by atoms with Crippen LogP contribution in [0.1, 0.15) is 53.5 Å². The molecule has 1 aliphatic heterocycles. The van der Waals surface area contributed by atoms with Gasteiger partial charge in [0.25, 0.3) is 0 Å². The number of aromatic nitrogens is 2. The standard InChI is InChI=1S/C23H24Cl2FN3O2/c1-13-19-11-20(23(30)31-3)21(26)12-22(19)29(27-13)18-4-6-28(7-5-18)14(2)15-8-16(24)10-17(25)9-15/h8-12,14,18H,4-7H2,1-3H3/t14-/m1/s1. The zero-order chi connectivity index (χ0) is 22.3. The van der Waals surface area contributed by atoms with Crippen molar-refractivity contribution >= 4 is 40.1 Å². The van der Waals surface area contributed by atoms with Gasteiger partial charge in [-0.2, -0.15) is 5.10 Å². The minimum absolute atomic E-state index is 0.0681. The number of carbonyl (C=O) groups is 1. The summed E-state index contributed by atoms with van der Waals surface area (Å²) >= 11 is 12.3. The topological polar surface area (TPSA) is 47.4 Å².